The van der Waals surface area contributed by atoms with Crippen LogP contribution in [0.4, 0.5) is 0 Å². The van der Waals surface area contributed by atoms with E-state index in [1.165, 1.54) is 25.3 Å². The fourth-order valence-electron chi connectivity index (χ4n) is 4.29. The molecule has 1 heterocycles. The number of carbonyl (C=O) groups is 1. The molecule has 6 nitrogen and oxygen atoms in total. The van der Waals surface area contributed by atoms with Gasteiger partial charge in [0.15, 0.2) is 28.8 Å². The number of carbonyl (C=O) groups excluding carboxylic acids is 1. The zero-order chi connectivity index (χ0) is 25.1. The minimum absolute atomic E-state index is 0.0671. The van der Waals surface area contributed by atoms with Gasteiger partial charge in [-0.05, 0) is 66.1 Å². The summed E-state index contributed by atoms with van der Waals surface area (Å²) >= 11 is 0. The second kappa shape index (κ2) is 9.97. The Kier molecular flexibility index (Phi) is 6.82. The third kappa shape index (κ3) is 4.73. The van der Waals surface area contributed by atoms with Crippen molar-refractivity contribution in [3.8, 4) is 28.7 Å². The average Bonchev–Trinajstić information content (AvgIpc) is 3.20. The lowest BCUT2D eigenvalue weighted by Gasteiger charge is -2.18. The average molecular weight is 473 g/mol. The second-order valence-corrected chi connectivity index (χ2v) is 8.37. The first kappa shape index (κ1) is 24.0. The van der Waals surface area contributed by atoms with Gasteiger partial charge in [0, 0.05) is 11.5 Å². The number of methoxy groups -OCH3 is 2. The number of hydrogen-bond donors (Lipinski definition) is 2. The molecule has 2 N–H and O–H groups in total. The Morgan fingerprint density at radius 1 is 0.914 bits per heavy atom. The molecule has 0 bridgehead atoms. The van der Waals surface area contributed by atoms with Crippen LogP contribution in [0.25, 0.3) is 12.2 Å². The summed E-state index contributed by atoms with van der Waals surface area (Å²) in [6.07, 6.45) is 6.73. The van der Waals surface area contributed by atoms with E-state index >= 15 is 0 Å². The summed E-state index contributed by atoms with van der Waals surface area (Å²) in [5, 5.41) is 19.1. The number of allylic oxidation sites excluding steroid dienone is 2. The summed E-state index contributed by atoms with van der Waals surface area (Å²) in [4.78, 5) is 12.9. The van der Waals surface area contributed by atoms with Gasteiger partial charge in [0.05, 0.1) is 19.8 Å². The highest BCUT2D eigenvalue weighted by molar-refractivity contribution is 6.08. The maximum atomic E-state index is 12.9. The number of fused-ring (bicyclic) bond motifs is 1. The van der Waals surface area contributed by atoms with Crippen molar-refractivity contribution >= 4 is 17.9 Å². The fraction of sp³-hybridized carbons (Fsp3) is 0.207. The molecule has 3 aromatic rings. The number of rotatable bonds is 7. The van der Waals surface area contributed by atoms with Crippen LogP contribution in [0, 0.1) is 0 Å². The molecule has 0 saturated heterocycles. The molecule has 0 aliphatic carbocycles. The van der Waals surface area contributed by atoms with E-state index in [0.29, 0.717) is 22.6 Å². The molecule has 0 radical (unpaired) electrons. The predicted octanol–water partition coefficient (Wildman–Crippen LogP) is 6.28. The van der Waals surface area contributed by atoms with Crippen molar-refractivity contribution in [3.63, 3.8) is 0 Å². The van der Waals surface area contributed by atoms with Crippen molar-refractivity contribution < 1.29 is 29.2 Å². The van der Waals surface area contributed by atoms with Crippen molar-refractivity contribution in [3.05, 3.63) is 88.5 Å². The van der Waals surface area contributed by atoms with E-state index in [1.807, 2.05) is 37.3 Å². The quantitative estimate of drug-likeness (QED) is 0.239. The lowest BCUT2D eigenvalue weighted by Crippen LogP contribution is -2.09. The predicted molar refractivity (Wildman–Crippen MR) is 136 cm³/mol. The Balaban J connectivity index is 1.61. The number of aromatic hydroxyl groups is 2. The van der Waals surface area contributed by atoms with Crippen LogP contribution < -0.4 is 14.2 Å². The maximum absolute atomic E-state index is 12.9. The molecule has 2 unspecified atom stereocenters. The molecule has 0 fully saturated rings. The first-order valence-corrected chi connectivity index (χ1v) is 11.3. The van der Waals surface area contributed by atoms with Gasteiger partial charge in [-0.3, -0.25) is 4.79 Å². The van der Waals surface area contributed by atoms with Crippen LogP contribution in [0.1, 0.15) is 58.5 Å². The molecule has 35 heavy (non-hydrogen) atoms. The number of phenolic OH excluding ortho intramolecular Hbond substituents is 2. The number of ketones is 1. The number of ether oxygens (including phenoxy) is 3. The van der Waals surface area contributed by atoms with Crippen LogP contribution >= 0.6 is 0 Å². The molecule has 4 rings (SSSR count). The highest BCUT2D eigenvalue weighted by atomic mass is 16.5. The lowest BCUT2D eigenvalue weighted by molar-refractivity contribution is 0.104. The fourth-order valence-corrected chi connectivity index (χ4v) is 4.29. The first-order chi connectivity index (χ1) is 16.9. The van der Waals surface area contributed by atoms with Gasteiger partial charge in [-0.15, -0.1) is 0 Å². The third-order valence-corrected chi connectivity index (χ3v) is 6.12. The van der Waals surface area contributed by atoms with Crippen LogP contribution in [-0.2, 0) is 0 Å². The van der Waals surface area contributed by atoms with E-state index in [0.717, 1.165) is 22.4 Å². The summed E-state index contributed by atoms with van der Waals surface area (Å²) < 4.78 is 17.5. The van der Waals surface area contributed by atoms with Crippen LogP contribution in [0.15, 0.2) is 60.7 Å². The SMILES string of the molecule is CC=Cc1cc(OC)c2c(c1)C(C)C(c1ccc(C(=O)/C=C/c3ccc(O)c(O)c3)c(OC)c1)O2. The van der Waals surface area contributed by atoms with Gasteiger partial charge in [-0.2, -0.15) is 0 Å². The molecular weight excluding hydrogens is 444 g/mol. The van der Waals surface area contributed by atoms with Gasteiger partial charge in [0.2, 0.25) is 0 Å². The minimum Gasteiger partial charge on any atom is -0.504 e. The highest BCUT2D eigenvalue weighted by Gasteiger charge is 2.35. The molecule has 2 atom stereocenters. The molecule has 0 aromatic heterocycles. The Labute approximate surface area is 204 Å². The van der Waals surface area contributed by atoms with Crippen molar-refractivity contribution in [2.75, 3.05) is 14.2 Å². The van der Waals surface area contributed by atoms with E-state index in [-0.39, 0.29) is 29.3 Å². The summed E-state index contributed by atoms with van der Waals surface area (Å²) in [5.41, 5.74) is 4.00. The Morgan fingerprint density at radius 3 is 2.37 bits per heavy atom. The normalized spacial score (nSPS) is 16.9. The van der Waals surface area contributed by atoms with Gasteiger partial charge in [0.25, 0.3) is 0 Å². The van der Waals surface area contributed by atoms with E-state index in [4.69, 9.17) is 14.2 Å². The Morgan fingerprint density at radius 2 is 1.69 bits per heavy atom. The van der Waals surface area contributed by atoms with Gasteiger partial charge < -0.3 is 24.4 Å². The molecule has 1 aliphatic rings. The molecule has 3 aromatic carbocycles. The molecule has 0 saturated carbocycles. The van der Waals surface area contributed by atoms with Crippen molar-refractivity contribution in [1.29, 1.82) is 0 Å². The number of phenols is 2. The summed E-state index contributed by atoms with van der Waals surface area (Å²) in [5.74, 6) is 1.22. The van der Waals surface area contributed by atoms with E-state index in [2.05, 4.69) is 13.0 Å². The van der Waals surface area contributed by atoms with E-state index in [1.54, 1.807) is 25.3 Å². The lowest BCUT2D eigenvalue weighted by atomic mass is 9.91. The minimum atomic E-state index is -0.256. The van der Waals surface area contributed by atoms with Crippen LogP contribution in [-0.4, -0.2) is 30.2 Å². The Bertz CT molecular complexity index is 1320. The third-order valence-electron chi connectivity index (χ3n) is 6.12. The number of hydrogen-bond acceptors (Lipinski definition) is 6. The van der Waals surface area contributed by atoms with Crippen LogP contribution in [0.2, 0.25) is 0 Å². The topological polar surface area (TPSA) is 85.2 Å². The second-order valence-electron chi connectivity index (χ2n) is 8.37. The summed E-state index contributed by atoms with van der Waals surface area (Å²) in [6, 6.07) is 13.9. The van der Waals surface area contributed by atoms with Gasteiger partial charge in [0.1, 0.15) is 11.9 Å². The highest BCUT2D eigenvalue weighted by Crippen LogP contribution is 2.51. The van der Waals surface area contributed by atoms with Gasteiger partial charge in [-0.25, -0.2) is 0 Å². The maximum Gasteiger partial charge on any atom is 0.189 e. The number of benzene rings is 3. The van der Waals surface area contributed by atoms with Crippen molar-refractivity contribution in [2.45, 2.75) is 25.9 Å². The van der Waals surface area contributed by atoms with Crippen LogP contribution in [0.3, 0.4) is 0 Å². The van der Waals surface area contributed by atoms with Crippen LogP contribution in [0.5, 0.6) is 28.7 Å². The standard InChI is InChI=1S/C29H28O6/c1-5-6-19-13-22-17(2)28(35-29(22)27(15-19)34-4)20-9-10-21(26(16-20)33-3)23(30)11-7-18-8-12-24(31)25(32)14-18/h5-17,28,31-32H,1-4H3/b6-5?,11-7+. The largest absolute Gasteiger partial charge is 0.504 e. The molecular formula is C29H28O6. The Hall–Kier alpha value is -4.19. The summed E-state index contributed by atoms with van der Waals surface area (Å²) in [7, 11) is 3.16. The zero-order valence-electron chi connectivity index (χ0n) is 20.1. The monoisotopic (exact) mass is 472 g/mol. The van der Waals surface area contributed by atoms with Crippen molar-refractivity contribution in [1.82, 2.24) is 0 Å². The van der Waals surface area contributed by atoms with Crippen molar-refractivity contribution in [2.24, 2.45) is 0 Å². The van der Waals surface area contributed by atoms with E-state index < -0.39 is 0 Å². The van der Waals surface area contributed by atoms with Gasteiger partial charge >= 0.3 is 0 Å². The summed E-state index contributed by atoms with van der Waals surface area (Å²) in [6.45, 7) is 4.08. The van der Waals surface area contributed by atoms with Gasteiger partial charge in [-0.1, -0.05) is 37.3 Å². The first-order valence-electron chi connectivity index (χ1n) is 11.3. The zero-order valence-corrected chi connectivity index (χ0v) is 20.1. The molecule has 6 heteroatoms. The molecule has 0 spiro atoms. The smallest absolute Gasteiger partial charge is 0.189 e. The molecule has 0 amide bonds. The van der Waals surface area contributed by atoms with E-state index in [9.17, 15) is 15.0 Å². The molecule has 1 aliphatic heterocycles. The molecule has 180 valence electrons.